The SMILES string of the molecule is CCNc1ncc(F)c(OCCN2CCCC2)n1. The number of aromatic nitrogens is 2. The van der Waals surface area contributed by atoms with Gasteiger partial charge in [0.05, 0.1) is 6.20 Å². The van der Waals surface area contributed by atoms with Gasteiger partial charge in [0.1, 0.15) is 6.61 Å². The van der Waals surface area contributed by atoms with Crippen LogP contribution in [0.15, 0.2) is 6.20 Å². The molecule has 2 heterocycles. The van der Waals surface area contributed by atoms with Crippen LogP contribution < -0.4 is 10.1 Å². The van der Waals surface area contributed by atoms with Crippen LogP contribution in [0.25, 0.3) is 0 Å². The van der Waals surface area contributed by atoms with Gasteiger partial charge < -0.3 is 10.1 Å². The predicted octanol–water partition coefficient (Wildman–Crippen LogP) is 1.52. The van der Waals surface area contributed by atoms with E-state index >= 15 is 0 Å². The predicted molar refractivity (Wildman–Crippen MR) is 67.3 cm³/mol. The van der Waals surface area contributed by atoms with Crippen LogP contribution in [0.3, 0.4) is 0 Å². The number of hydrogen-bond donors (Lipinski definition) is 1. The molecule has 0 amide bonds. The zero-order valence-corrected chi connectivity index (χ0v) is 10.7. The Bertz CT molecular complexity index is 382. The van der Waals surface area contributed by atoms with Gasteiger partial charge in [0.2, 0.25) is 11.8 Å². The van der Waals surface area contributed by atoms with Crippen LogP contribution in [0.4, 0.5) is 10.3 Å². The molecule has 0 unspecified atom stereocenters. The second kappa shape index (κ2) is 6.49. The van der Waals surface area contributed by atoms with E-state index in [2.05, 4.69) is 20.2 Å². The lowest BCUT2D eigenvalue weighted by atomic mass is 10.4. The molecule has 100 valence electrons. The molecule has 0 saturated carbocycles. The second-order valence-corrected chi connectivity index (χ2v) is 4.27. The van der Waals surface area contributed by atoms with Crippen molar-refractivity contribution in [3.05, 3.63) is 12.0 Å². The van der Waals surface area contributed by atoms with E-state index in [-0.39, 0.29) is 5.88 Å². The number of nitrogens with one attached hydrogen (secondary N) is 1. The fraction of sp³-hybridized carbons (Fsp3) is 0.667. The first-order valence-electron chi connectivity index (χ1n) is 6.41. The third-order valence-electron chi connectivity index (χ3n) is 2.89. The smallest absolute Gasteiger partial charge is 0.255 e. The van der Waals surface area contributed by atoms with Crippen LogP contribution in [0.2, 0.25) is 0 Å². The van der Waals surface area contributed by atoms with Crippen LogP contribution in [0, 0.1) is 5.82 Å². The van der Waals surface area contributed by atoms with E-state index in [1.54, 1.807) is 0 Å². The number of halogens is 1. The molecule has 6 heteroatoms. The topological polar surface area (TPSA) is 50.3 Å². The summed E-state index contributed by atoms with van der Waals surface area (Å²) in [6.07, 6.45) is 3.62. The van der Waals surface area contributed by atoms with Gasteiger partial charge in [-0.25, -0.2) is 4.98 Å². The lowest BCUT2D eigenvalue weighted by Crippen LogP contribution is -2.25. The standard InChI is InChI=1S/C12H19FN4O/c1-2-14-12-15-9-10(13)11(16-12)18-8-7-17-5-3-4-6-17/h9H,2-8H2,1H3,(H,14,15,16). The fourth-order valence-electron chi connectivity index (χ4n) is 1.97. The normalized spacial score (nSPS) is 15.9. The Morgan fingerprint density at radius 2 is 2.22 bits per heavy atom. The Balaban J connectivity index is 1.85. The minimum atomic E-state index is -0.516. The second-order valence-electron chi connectivity index (χ2n) is 4.27. The molecule has 1 N–H and O–H groups in total. The average molecular weight is 254 g/mol. The third-order valence-corrected chi connectivity index (χ3v) is 2.89. The van der Waals surface area contributed by atoms with Crippen molar-refractivity contribution < 1.29 is 9.13 Å². The highest BCUT2D eigenvalue weighted by atomic mass is 19.1. The Labute approximate surface area is 106 Å². The largest absolute Gasteiger partial charge is 0.474 e. The first-order chi connectivity index (χ1) is 8.79. The van der Waals surface area contributed by atoms with E-state index in [0.29, 0.717) is 19.1 Å². The van der Waals surface area contributed by atoms with Gasteiger partial charge in [0.25, 0.3) is 5.88 Å². The average Bonchev–Trinajstić information content (AvgIpc) is 2.86. The number of nitrogens with zero attached hydrogens (tertiary/aromatic N) is 3. The Kier molecular flexibility index (Phi) is 4.69. The van der Waals surface area contributed by atoms with Gasteiger partial charge in [-0.1, -0.05) is 0 Å². The molecule has 1 aromatic rings. The molecule has 0 bridgehead atoms. The summed E-state index contributed by atoms with van der Waals surface area (Å²) in [6, 6.07) is 0. The molecule has 1 saturated heterocycles. The van der Waals surface area contributed by atoms with E-state index in [0.717, 1.165) is 25.8 Å². The maximum absolute atomic E-state index is 13.4. The van der Waals surface area contributed by atoms with Crippen molar-refractivity contribution in [3.63, 3.8) is 0 Å². The molecular weight excluding hydrogens is 235 g/mol. The van der Waals surface area contributed by atoms with Crippen LogP contribution in [-0.4, -0.2) is 47.7 Å². The van der Waals surface area contributed by atoms with Crippen molar-refractivity contribution in [1.29, 1.82) is 0 Å². The summed E-state index contributed by atoms with van der Waals surface area (Å²) in [5, 5.41) is 2.93. The lowest BCUT2D eigenvalue weighted by molar-refractivity contribution is 0.224. The first kappa shape index (κ1) is 13.0. The van der Waals surface area contributed by atoms with Crippen molar-refractivity contribution in [3.8, 4) is 5.88 Å². The van der Waals surface area contributed by atoms with Crippen LogP contribution in [-0.2, 0) is 0 Å². The summed E-state index contributed by atoms with van der Waals surface area (Å²) >= 11 is 0. The van der Waals surface area contributed by atoms with Crippen LogP contribution in [0.1, 0.15) is 19.8 Å². The van der Waals surface area contributed by atoms with Gasteiger partial charge in [-0.05, 0) is 32.9 Å². The van der Waals surface area contributed by atoms with E-state index in [4.69, 9.17) is 4.74 Å². The Hall–Kier alpha value is -1.43. The van der Waals surface area contributed by atoms with Crippen molar-refractivity contribution in [1.82, 2.24) is 14.9 Å². The summed E-state index contributed by atoms with van der Waals surface area (Å²) in [5.74, 6) is -0.0895. The number of likely N-dealkylation sites (tertiary alicyclic amines) is 1. The zero-order chi connectivity index (χ0) is 12.8. The molecular formula is C12H19FN4O. The number of anilines is 1. The van der Waals surface area contributed by atoms with Gasteiger partial charge >= 0.3 is 0 Å². The van der Waals surface area contributed by atoms with E-state index in [1.807, 2.05) is 6.92 Å². The lowest BCUT2D eigenvalue weighted by Gasteiger charge is -2.14. The maximum atomic E-state index is 13.4. The quantitative estimate of drug-likeness (QED) is 0.834. The summed E-state index contributed by atoms with van der Waals surface area (Å²) in [5.41, 5.74) is 0. The zero-order valence-electron chi connectivity index (χ0n) is 10.7. The molecule has 0 spiro atoms. The van der Waals surface area contributed by atoms with Gasteiger partial charge in [-0.3, -0.25) is 4.90 Å². The van der Waals surface area contributed by atoms with Gasteiger partial charge in [0.15, 0.2) is 0 Å². The highest BCUT2D eigenvalue weighted by Gasteiger charge is 2.12. The molecule has 1 aliphatic rings. The van der Waals surface area contributed by atoms with Gasteiger partial charge in [-0.2, -0.15) is 9.37 Å². The van der Waals surface area contributed by atoms with Crippen molar-refractivity contribution in [2.24, 2.45) is 0 Å². The molecule has 5 nitrogen and oxygen atoms in total. The van der Waals surface area contributed by atoms with Crippen molar-refractivity contribution >= 4 is 5.95 Å². The van der Waals surface area contributed by atoms with E-state index < -0.39 is 5.82 Å². The highest BCUT2D eigenvalue weighted by molar-refractivity contribution is 5.27. The van der Waals surface area contributed by atoms with Gasteiger partial charge in [0, 0.05) is 13.1 Å². The fourth-order valence-corrected chi connectivity index (χ4v) is 1.97. The summed E-state index contributed by atoms with van der Waals surface area (Å²) in [6.45, 7) is 6.12. The molecule has 2 rings (SSSR count). The molecule has 0 aliphatic carbocycles. The van der Waals surface area contributed by atoms with Crippen LogP contribution >= 0.6 is 0 Å². The van der Waals surface area contributed by atoms with Crippen LogP contribution in [0.5, 0.6) is 5.88 Å². The molecule has 18 heavy (non-hydrogen) atoms. The van der Waals surface area contributed by atoms with Gasteiger partial charge in [-0.15, -0.1) is 0 Å². The van der Waals surface area contributed by atoms with Crippen molar-refractivity contribution in [2.75, 3.05) is 38.1 Å². The monoisotopic (exact) mass is 254 g/mol. The molecule has 0 aromatic carbocycles. The van der Waals surface area contributed by atoms with Crippen molar-refractivity contribution in [2.45, 2.75) is 19.8 Å². The summed E-state index contributed by atoms with van der Waals surface area (Å²) < 4.78 is 18.8. The maximum Gasteiger partial charge on any atom is 0.255 e. The highest BCUT2D eigenvalue weighted by Crippen LogP contribution is 2.14. The molecule has 1 aliphatic heterocycles. The minimum absolute atomic E-state index is 0.0279. The Morgan fingerprint density at radius 1 is 1.44 bits per heavy atom. The van der Waals surface area contributed by atoms with E-state index in [9.17, 15) is 4.39 Å². The van der Waals surface area contributed by atoms with E-state index in [1.165, 1.54) is 12.8 Å². The molecule has 1 aromatic heterocycles. The molecule has 0 atom stereocenters. The number of hydrogen-bond acceptors (Lipinski definition) is 5. The number of ether oxygens (including phenoxy) is 1. The first-order valence-corrected chi connectivity index (χ1v) is 6.41. The number of rotatable bonds is 6. The molecule has 0 radical (unpaired) electrons. The Morgan fingerprint density at radius 3 is 2.94 bits per heavy atom. The molecule has 1 fully saturated rings. The minimum Gasteiger partial charge on any atom is -0.474 e. The summed E-state index contributed by atoms with van der Waals surface area (Å²) in [7, 11) is 0. The summed E-state index contributed by atoms with van der Waals surface area (Å²) in [4.78, 5) is 10.1. The third kappa shape index (κ3) is 3.53.